The molecule has 0 aliphatic carbocycles. The summed E-state index contributed by atoms with van der Waals surface area (Å²) in [5.41, 5.74) is 2.78. The maximum Gasteiger partial charge on any atom is -0.00204 e. The van der Waals surface area contributed by atoms with Crippen LogP contribution in [0.2, 0.25) is 0 Å². The topological polar surface area (TPSA) is 12.0 Å². The molecule has 96 valence electrons. The Labute approximate surface area is 110 Å². The number of fused-ring (bicyclic) bond motifs is 1. The standard InChI is InChI=1S/C17H23N/c1-4-14(12-18-3)10-15-6-8-16-9-13(2)5-7-17(16)11-15/h5-9,11,14,18H,4,10,12H2,1-3H3. The van der Waals surface area contributed by atoms with Gasteiger partial charge in [0.05, 0.1) is 0 Å². The first-order chi connectivity index (χ1) is 8.72. The molecule has 0 saturated carbocycles. The van der Waals surface area contributed by atoms with Crippen molar-refractivity contribution in [2.75, 3.05) is 13.6 Å². The van der Waals surface area contributed by atoms with Crippen LogP contribution in [-0.2, 0) is 6.42 Å². The van der Waals surface area contributed by atoms with Crippen LogP contribution < -0.4 is 5.32 Å². The van der Waals surface area contributed by atoms with Gasteiger partial charge in [-0.1, -0.05) is 55.3 Å². The summed E-state index contributed by atoms with van der Waals surface area (Å²) in [6.45, 7) is 5.52. The van der Waals surface area contributed by atoms with Crippen molar-refractivity contribution in [3.63, 3.8) is 0 Å². The molecule has 0 fully saturated rings. The highest BCUT2D eigenvalue weighted by atomic mass is 14.8. The van der Waals surface area contributed by atoms with Gasteiger partial charge in [-0.15, -0.1) is 0 Å². The summed E-state index contributed by atoms with van der Waals surface area (Å²) in [6, 6.07) is 13.5. The van der Waals surface area contributed by atoms with E-state index in [9.17, 15) is 0 Å². The van der Waals surface area contributed by atoms with Gasteiger partial charge < -0.3 is 5.32 Å². The van der Waals surface area contributed by atoms with Crippen LogP contribution in [0.15, 0.2) is 36.4 Å². The summed E-state index contributed by atoms with van der Waals surface area (Å²) in [5.74, 6) is 0.734. The van der Waals surface area contributed by atoms with Gasteiger partial charge in [0.15, 0.2) is 0 Å². The first kappa shape index (κ1) is 13.1. The fraction of sp³-hybridized carbons (Fsp3) is 0.412. The Morgan fingerprint density at radius 2 is 1.78 bits per heavy atom. The fourth-order valence-corrected chi connectivity index (χ4v) is 2.52. The molecule has 1 nitrogen and oxygen atoms in total. The highest BCUT2D eigenvalue weighted by Crippen LogP contribution is 2.20. The molecule has 2 aromatic carbocycles. The van der Waals surface area contributed by atoms with E-state index in [4.69, 9.17) is 0 Å². The van der Waals surface area contributed by atoms with Crippen molar-refractivity contribution in [2.45, 2.75) is 26.7 Å². The lowest BCUT2D eigenvalue weighted by Crippen LogP contribution is -2.20. The zero-order chi connectivity index (χ0) is 13.0. The zero-order valence-electron chi connectivity index (χ0n) is 11.7. The van der Waals surface area contributed by atoms with Crippen LogP contribution in [-0.4, -0.2) is 13.6 Å². The van der Waals surface area contributed by atoms with Gasteiger partial charge in [-0.3, -0.25) is 0 Å². The Morgan fingerprint density at radius 3 is 2.50 bits per heavy atom. The molecule has 0 aliphatic rings. The molecule has 2 aromatic rings. The van der Waals surface area contributed by atoms with Crippen LogP contribution in [0.25, 0.3) is 10.8 Å². The molecule has 0 spiro atoms. The van der Waals surface area contributed by atoms with Crippen molar-refractivity contribution in [1.82, 2.24) is 5.32 Å². The van der Waals surface area contributed by atoms with Crippen LogP contribution in [0.3, 0.4) is 0 Å². The molecular weight excluding hydrogens is 218 g/mol. The Bertz CT molecular complexity index is 516. The molecular formula is C17H23N. The molecule has 1 N–H and O–H groups in total. The highest BCUT2D eigenvalue weighted by Gasteiger charge is 2.06. The summed E-state index contributed by atoms with van der Waals surface area (Å²) in [4.78, 5) is 0. The molecule has 0 aliphatic heterocycles. The second kappa shape index (κ2) is 6.01. The van der Waals surface area contributed by atoms with E-state index in [-0.39, 0.29) is 0 Å². The molecule has 1 heteroatoms. The summed E-state index contributed by atoms with van der Waals surface area (Å²) in [6.07, 6.45) is 2.40. The molecule has 18 heavy (non-hydrogen) atoms. The highest BCUT2D eigenvalue weighted by molar-refractivity contribution is 5.83. The summed E-state index contributed by atoms with van der Waals surface area (Å²) in [7, 11) is 2.03. The third-order valence-corrected chi connectivity index (χ3v) is 3.65. The largest absolute Gasteiger partial charge is 0.319 e. The fourth-order valence-electron chi connectivity index (χ4n) is 2.52. The average Bonchev–Trinajstić information content (AvgIpc) is 2.38. The van der Waals surface area contributed by atoms with Gasteiger partial charge in [-0.05, 0) is 49.2 Å². The minimum atomic E-state index is 0.734. The molecule has 2 rings (SSSR count). The number of aryl methyl sites for hydroxylation is 1. The van der Waals surface area contributed by atoms with Crippen molar-refractivity contribution in [1.29, 1.82) is 0 Å². The lowest BCUT2D eigenvalue weighted by atomic mass is 9.95. The van der Waals surface area contributed by atoms with E-state index in [1.165, 1.54) is 34.7 Å². The second-order valence-corrected chi connectivity index (χ2v) is 5.22. The average molecular weight is 241 g/mol. The SMILES string of the molecule is CCC(CNC)Cc1ccc2cc(C)ccc2c1. The van der Waals surface area contributed by atoms with Crippen molar-refractivity contribution >= 4 is 10.8 Å². The molecule has 0 bridgehead atoms. The van der Waals surface area contributed by atoms with Gasteiger partial charge in [-0.25, -0.2) is 0 Å². The lowest BCUT2D eigenvalue weighted by molar-refractivity contribution is 0.481. The predicted octanol–water partition coefficient (Wildman–Crippen LogP) is 3.94. The maximum absolute atomic E-state index is 3.28. The van der Waals surface area contributed by atoms with E-state index >= 15 is 0 Å². The van der Waals surface area contributed by atoms with Crippen molar-refractivity contribution < 1.29 is 0 Å². The van der Waals surface area contributed by atoms with Crippen LogP contribution in [0, 0.1) is 12.8 Å². The number of benzene rings is 2. The quantitative estimate of drug-likeness (QED) is 0.836. The Balaban J connectivity index is 2.21. The van der Waals surface area contributed by atoms with Crippen LogP contribution >= 0.6 is 0 Å². The third-order valence-electron chi connectivity index (χ3n) is 3.65. The van der Waals surface area contributed by atoms with Crippen molar-refractivity contribution in [2.24, 2.45) is 5.92 Å². The first-order valence-electron chi connectivity index (χ1n) is 6.87. The van der Waals surface area contributed by atoms with E-state index in [0.29, 0.717) is 0 Å². The Morgan fingerprint density at radius 1 is 1.06 bits per heavy atom. The number of nitrogens with one attached hydrogen (secondary N) is 1. The molecule has 0 heterocycles. The third kappa shape index (κ3) is 3.11. The summed E-state index contributed by atoms with van der Waals surface area (Å²) in [5, 5.41) is 5.99. The van der Waals surface area contributed by atoms with E-state index in [2.05, 4.69) is 55.6 Å². The number of hydrogen-bond donors (Lipinski definition) is 1. The Hall–Kier alpha value is -1.34. The molecule has 0 radical (unpaired) electrons. The van der Waals surface area contributed by atoms with E-state index < -0.39 is 0 Å². The minimum absolute atomic E-state index is 0.734. The molecule has 0 amide bonds. The molecule has 0 saturated heterocycles. The Kier molecular flexibility index (Phi) is 4.38. The van der Waals surface area contributed by atoms with Gasteiger partial charge in [0, 0.05) is 0 Å². The lowest BCUT2D eigenvalue weighted by Gasteiger charge is -2.14. The molecule has 1 atom stereocenters. The predicted molar refractivity (Wildman–Crippen MR) is 80.1 cm³/mol. The normalized spacial score (nSPS) is 12.8. The van der Waals surface area contributed by atoms with Crippen LogP contribution in [0.5, 0.6) is 0 Å². The van der Waals surface area contributed by atoms with E-state index in [1.807, 2.05) is 7.05 Å². The number of rotatable bonds is 5. The number of hydrogen-bond acceptors (Lipinski definition) is 1. The second-order valence-electron chi connectivity index (χ2n) is 5.22. The zero-order valence-corrected chi connectivity index (χ0v) is 11.7. The van der Waals surface area contributed by atoms with Gasteiger partial charge >= 0.3 is 0 Å². The smallest absolute Gasteiger partial charge is 0.00204 e. The summed E-state index contributed by atoms with van der Waals surface area (Å²) < 4.78 is 0. The minimum Gasteiger partial charge on any atom is -0.319 e. The van der Waals surface area contributed by atoms with E-state index in [1.54, 1.807) is 0 Å². The molecule has 1 unspecified atom stereocenters. The van der Waals surface area contributed by atoms with Crippen molar-refractivity contribution in [3.05, 3.63) is 47.5 Å². The summed E-state index contributed by atoms with van der Waals surface area (Å²) >= 11 is 0. The first-order valence-corrected chi connectivity index (χ1v) is 6.87. The van der Waals surface area contributed by atoms with Gasteiger partial charge in [-0.2, -0.15) is 0 Å². The van der Waals surface area contributed by atoms with Gasteiger partial charge in [0.1, 0.15) is 0 Å². The van der Waals surface area contributed by atoms with E-state index in [0.717, 1.165) is 12.5 Å². The van der Waals surface area contributed by atoms with Gasteiger partial charge in [0.2, 0.25) is 0 Å². The van der Waals surface area contributed by atoms with Crippen LogP contribution in [0.1, 0.15) is 24.5 Å². The monoisotopic (exact) mass is 241 g/mol. The van der Waals surface area contributed by atoms with Crippen LogP contribution in [0.4, 0.5) is 0 Å². The maximum atomic E-state index is 3.28. The molecule has 0 aromatic heterocycles. The van der Waals surface area contributed by atoms with Gasteiger partial charge in [0.25, 0.3) is 0 Å². The van der Waals surface area contributed by atoms with Crippen molar-refractivity contribution in [3.8, 4) is 0 Å².